The Morgan fingerprint density at radius 3 is 1.58 bits per heavy atom. The van der Waals surface area contributed by atoms with Crippen LogP contribution in [0.2, 0.25) is 0 Å². The highest BCUT2D eigenvalue weighted by Gasteiger charge is 2.28. The molecule has 0 amide bonds. The van der Waals surface area contributed by atoms with Crippen LogP contribution < -0.4 is 9.05 Å². The molecule has 0 spiro atoms. The molecule has 0 heterocycles. The molecule has 0 bridgehead atoms. The fourth-order valence-electron chi connectivity index (χ4n) is 2.67. The lowest BCUT2D eigenvalue weighted by molar-refractivity contribution is 0.392. The number of benzene rings is 2. The second kappa shape index (κ2) is 9.75. The number of para-hydroxylation sites is 2. The van der Waals surface area contributed by atoms with Gasteiger partial charge in [-0.25, -0.2) is 0 Å². The van der Waals surface area contributed by atoms with Gasteiger partial charge in [0.25, 0.3) is 0 Å². The first-order valence-electron chi connectivity index (χ1n) is 8.91. The molecule has 0 aromatic heterocycles. The summed E-state index contributed by atoms with van der Waals surface area (Å²) in [6.07, 6.45) is 1.98. The van der Waals surface area contributed by atoms with E-state index >= 15 is 0 Å². The van der Waals surface area contributed by atoms with Gasteiger partial charge in [-0.05, 0) is 47.9 Å². The number of hydrogen-bond acceptors (Lipinski definition) is 4. The van der Waals surface area contributed by atoms with E-state index in [4.69, 9.17) is 36.8 Å². The van der Waals surface area contributed by atoms with Gasteiger partial charge in [-0.15, -0.1) is 0 Å². The maximum absolute atomic E-state index is 6.03. The van der Waals surface area contributed by atoms with Crippen LogP contribution in [0.4, 0.5) is 0 Å². The van der Waals surface area contributed by atoms with Crippen LogP contribution in [0, 0.1) is 0 Å². The van der Waals surface area contributed by atoms with Gasteiger partial charge in [0.1, 0.15) is 11.5 Å². The van der Waals surface area contributed by atoms with Crippen LogP contribution in [-0.2, 0) is 15.9 Å². The van der Waals surface area contributed by atoms with Gasteiger partial charge in [0, 0.05) is 11.8 Å². The van der Waals surface area contributed by atoms with Crippen LogP contribution in [0.5, 0.6) is 11.5 Å². The fourth-order valence-corrected chi connectivity index (χ4v) is 4.23. The number of rotatable bonds is 9. The van der Waals surface area contributed by atoms with Crippen molar-refractivity contribution in [2.45, 2.75) is 52.4 Å². The molecular weight excluding hydrogens is 387 g/mol. The van der Waals surface area contributed by atoms with Gasteiger partial charge in [0.2, 0.25) is 0 Å². The summed E-state index contributed by atoms with van der Waals surface area (Å²) in [7, 11) is 0. The summed E-state index contributed by atoms with van der Waals surface area (Å²) in [4.78, 5) is 0. The monoisotopic (exact) mass is 412 g/mol. The minimum absolute atomic E-state index is 0.331. The summed E-state index contributed by atoms with van der Waals surface area (Å²) >= 11 is 11.3. The molecule has 3 nitrogen and oxygen atoms in total. The first kappa shape index (κ1) is 21.2. The SMILES string of the molecule is CCC(C)c1ccccc1OP(=S)(OCl)Oc1ccccc1C(C)CC. The standard InChI is InChI=1S/C20H26ClO3PS/c1-5-15(3)17-11-7-9-13-19(17)22-25(26,24-21)23-20-14-10-8-12-18(20)16(4)6-2/h7-16H,5-6H2,1-4H3. The van der Waals surface area contributed by atoms with Gasteiger partial charge in [0.05, 0.1) is 11.9 Å². The largest absolute Gasteiger partial charge is 0.451 e. The molecule has 0 aliphatic heterocycles. The molecule has 2 aromatic carbocycles. The predicted molar refractivity (Wildman–Crippen MR) is 113 cm³/mol. The summed E-state index contributed by atoms with van der Waals surface area (Å²) in [5.74, 6) is 1.98. The van der Waals surface area contributed by atoms with Gasteiger partial charge in [0.15, 0.2) is 0 Å². The molecule has 0 fully saturated rings. The average molecular weight is 413 g/mol. The molecule has 0 N–H and O–H groups in total. The molecule has 0 aliphatic rings. The summed E-state index contributed by atoms with van der Waals surface area (Å²) in [6.45, 7) is 5.36. The van der Waals surface area contributed by atoms with Crippen LogP contribution in [0.15, 0.2) is 48.5 Å². The van der Waals surface area contributed by atoms with Gasteiger partial charge >= 0.3 is 6.72 Å². The van der Waals surface area contributed by atoms with Crippen LogP contribution in [0.1, 0.15) is 63.5 Å². The fraction of sp³-hybridized carbons (Fsp3) is 0.400. The number of halogens is 1. The zero-order valence-corrected chi connectivity index (χ0v) is 18.1. The zero-order valence-electron chi connectivity index (χ0n) is 15.6. The quantitative estimate of drug-likeness (QED) is 0.397. The van der Waals surface area contributed by atoms with E-state index < -0.39 is 6.72 Å². The Bertz CT molecular complexity index is 709. The van der Waals surface area contributed by atoms with Crippen molar-refractivity contribution in [1.82, 2.24) is 0 Å². The number of hydrogen-bond donors (Lipinski definition) is 0. The maximum atomic E-state index is 6.03. The molecule has 2 aromatic rings. The summed E-state index contributed by atoms with van der Waals surface area (Å²) in [5.41, 5.74) is 2.13. The van der Waals surface area contributed by atoms with E-state index in [1.807, 2.05) is 48.5 Å². The van der Waals surface area contributed by atoms with Gasteiger partial charge in [-0.2, -0.15) is 4.08 Å². The van der Waals surface area contributed by atoms with E-state index in [9.17, 15) is 0 Å². The van der Waals surface area contributed by atoms with Gasteiger partial charge < -0.3 is 9.05 Å². The van der Waals surface area contributed by atoms with Crippen LogP contribution in [0.3, 0.4) is 0 Å². The zero-order chi connectivity index (χ0) is 19.2. The van der Waals surface area contributed by atoms with Crippen molar-refractivity contribution in [3.63, 3.8) is 0 Å². The van der Waals surface area contributed by atoms with Crippen LogP contribution in [0.25, 0.3) is 0 Å². The molecule has 0 saturated heterocycles. The Labute approximate surface area is 167 Å². The second-order valence-electron chi connectivity index (χ2n) is 6.39. The summed E-state index contributed by atoms with van der Waals surface area (Å²) in [5, 5.41) is 0. The molecule has 142 valence electrons. The Kier molecular flexibility index (Phi) is 7.97. The minimum Gasteiger partial charge on any atom is -0.415 e. The van der Waals surface area contributed by atoms with Crippen LogP contribution >= 0.6 is 18.6 Å². The Hall–Kier alpha value is -1.06. The van der Waals surface area contributed by atoms with Gasteiger partial charge in [-0.1, -0.05) is 64.1 Å². The minimum atomic E-state index is -3.20. The van der Waals surface area contributed by atoms with E-state index in [1.54, 1.807) is 0 Å². The molecule has 0 radical (unpaired) electrons. The third-order valence-electron chi connectivity index (χ3n) is 4.63. The van der Waals surface area contributed by atoms with Crippen molar-refractivity contribution in [2.24, 2.45) is 0 Å². The molecule has 2 unspecified atom stereocenters. The maximum Gasteiger partial charge on any atom is 0.451 e. The van der Waals surface area contributed by atoms with E-state index in [-0.39, 0.29) is 0 Å². The topological polar surface area (TPSA) is 27.7 Å². The lowest BCUT2D eigenvalue weighted by Crippen LogP contribution is -2.05. The van der Waals surface area contributed by atoms with Crippen molar-refractivity contribution in [2.75, 3.05) is 0 Å². The normalized spacial score (nSPS) is 15.7. The predicted octanol–water partition coefficient (Wildman–Crippen LogP) is 7.57. The summed E-state index contributed by atoms with van der Waals surface area (Å²) in [6, 6.07) is 15.6. The van der Waals surface area contributed by atoms with E-state index in [0.29, 0.717) is 23.3 Å². The molecule has 26 heavy (non-hydrogen) atoms. The van der Waals surface area contributed by atoms with Gasteiger partial charge in [-0.3, -0.25) is 0 Å². The summed E-state index contributed by atoms with van der Waals surface area (Å²) < 4.78 is 17.1. The highest BCUT2D eigenvalue weighted by atomic mass is 35.5. The molecule has 0 saturated carbocycles. The Balaban J connectivity index is 2.33. The highest BCUT2D eigenvalue weighted by molar-refractivity contribution is 8.08. The van der Waals surface area contributed by atoms with Crippen molar-refractivity contribution in [1.29, 1.82) is 0 Å². The third kappa shape index (κ3) is 5.23. The van der Waals surface area contributed by atoms with Crippen molar-refractivity contribution >= 4 is 30.4 Å². The van der Waals surface area contributed by atoms with E-state index in [0.717, 1.165) is 24.0 Å². The molecule has 2 rings (SSSR count). The molecule has 0 aliphatic carbocycles. The van der Waals surface area contributed by atoms with Crippen LogP contribution in [-0.4, -0.2) is 0 Å². The highest BCUT2D eigenvalue weighted by Crippen LogP contribution is 2.53. The Morgan fingerprint density at radius 2 is 1.23 bits per heavy atom. The average Bonchev–Trinajstić information content (AvgIpc) is 2.67. The lowest BCUT2D eigenvalue weighted by Gasteiger charge is -2.24. The second-order valence-corrected chi connectivity index (χ2v) is 9.55. The van der Waals surface area contributed by atoms with Crippen molar-refractivity contribution in [3.05, 3.63) is 59.7 Å². The van der Waals surface area contributed by atoms with Crippen molar-refractivity contribution < 1.29 is 13.1 Å². The molecule has 6 heteroatoms. The first-order chi connectivity index (χ1) is 12.4. The Morgan fingerprint density at radius 1 is 0.846 bits per heavy atom. The molecule has 2 atom stereocenters. The third-order valence-corrected chi connectivity index (χ3v) is 7.10. The van der Waals surface area contributed by atoms with E-state index in [2.05, 4.69) is 27.7 Å². The lowest BCUT2D eigenvalue weighted by atomic mass is 9.98. The molecular formula is C20H26ClO3PS. The van der Waals surface area contributed by atoms with Crippen molar-refractivity contribution in [3.8, 4) is 11.5 Å². The van der Waals surface area contributed by atoms with E-state index in [1.165, 1.54) is 0 Å². The first-order valence-corrected chi connectivity index (χ1v) is 11.8. The smallest absolute Gasteiger partial charge is 0.415 e.